The molecule has 2 rings (SSSR count). The Hall–Kier alpha value is -2.50. The van der Waals surface area contributed by atoms with E-state index in [1.165, 1.54) is 18.8 Å². The summed E-state index contributed by atoms with van der Waals surface area (Å²) in [5, 5.41) is 0.730. The normalized spacial score (nSPS) is 10.5. The molecule has 0 saturated heterocycles. The van der Waals surface area contributed by atoms with Crippen LogP contribution < -0.4 is 4.74 Å². The van der Waals surface area contributed by atoms with Crippen molar-refractivity contribution in [1.82, 2.24) is 4.57 Å². The molecule has 0 atom stereocenters. The quantitative estimate of drug-likeness (QED) is 0.627. The average molecular weight is 305 g/mol. The van der Waals surface area contributed by atoms with Crippen LogP contribution in [-0.4, -0.2) is 37.5 Å². The number of carbonyl (C=O) groups is 2. The van der Waals surface area contributed by atoms with Crippen LogP contribution in [-0.2, 0) is 9.47 Å². The van der Waals surface area contributed by atoms with E-state index in [1.807, 2.05) is 6.92 Å². The zero-order chi connectivity index (χ0) is 16.1. The Bertz CT molecular complexity index is 689. The standard InChI is InChI=1S/C16H19NO5/c1-4-5-8-22-16(19)17-13-10-12(20-2)7-6-11(13)9-14(17)15(18)21-3/h6-7,9-10H,4-5,8H2,1-3H3. The number of benzene rings is 1. The van der Waals surface area contributed by atoms with Crippen molar-refractivity contribution in [2.75, 3.05) is 20.8 Å². The summed E-state index contributed by atoms with van der Waals surface area (Å²) in [5.74, 6) is -0.00719. The number of rotatable bonds is 5. The lowest BCUT2D eigenvalue weighted by molar-refractivity contribution is 0.0586. The molecule has 1 aromatic heterocycles. The van der Waals surface area contributed by atoms with Crippen LogP contribution in [0.4, 0.5) is 4.79 Å². The van der Waals surface area contributed by atoms with Gasteiger partial charge >= 0.3 is 12.1 Å². The maximum Gasteiger partial charge on any atom is 0.419 e. The number of methoxy groups -OCH3 is 2. The maximum absolute atomic E-state index is 12.3. The number of ether oxygens (including phenoxy) is 3. The zero-order valence-corrected chi connectivity index (χ0v) is 12.9. The van der Waals surface area contributed by atoms with Crippen LogP contribution in [0.1, 0.15) is 30.3 Å². The molecule has 2 aromatic rings. The maximum atomic E-state index is 12.3. The molecule has 6 nitrogen and oxygen atoms in total. The first kappa shape index (κ1) is 15.9. The van der Waals surface area contributed by atoms with Crippen molar-refractivity contribution < 1.29 is 23.8 Å². The Labute approximate surface area is 128 Å². The SMILES string of the molecule is CCCCOC(=O)n1c(C(=O)OC)cc2ccc(OC)cc21. The van der Waals surface area contributed by atoms with Gasteiger partial charge in [0.1, 0.15) is 11.4 Å². The summed E-state index contributed by atoms with van der Waals surface area (Å²) >= 11 is 0. The van der Waals surface area contributed by atoms with Crippen molar-refractivity contribution in [3.63, 3.8) is 0 Å². The Morgan fingerprint density at radius 2 is 1.95 bits per heavy atom. The van der Waals surface area contributed by atoms with Gasteiger partial charge in [0.05, 0.1) is 26.3 Å². The second-order valence-electron chi connectivity index (χ2n) is 4.75. The van der Waals surface area contributed by atoms with E-state index in [2.05, 4.69) is 0 Å². The molecule has 118 valence electrons. The minimum Gasteiger partial charge on any atom is -0.497 e. The summed E-state index contributed by atoms with van der Waals surface area (Å²) in [4.78, 5) is 24.2. The number of esters is 1. The van der Waals surface area contributed by atoms with Crippen molar-refractivity contribution in [3.8, 4) is 5.75 Å². The topological polar surface area (TPSA) is 66.8 Å². The molecule has 0 bridgehead atoms. The summed E-state index contributed by atoms with van der Waals surface area (Å²) in [6.07, 6.45) is 1.08. The van der Waals surface area contributed by atoms with E-state index >= 15 is 0 Å². The third kappa shape index (κ3) is 3.05. The second-order valence-corrected chi connectivity index (χ2v) is 4.75. The molecule has 0 aliphatic carbocycles. The van der Waals surface area contributed by atoms with Gasteiger partial charge in [-0.1, -0.05) is 13.3 Å². The first-order valence-corrected chi connectivity index (χ1v) is 7.07. The van der Waals surface area contributed by atoms with Crippen molar-refractivity contribution in [3.05, 3.63) is 30.0 Å². The highest BCUT2D eigenvalue weighted by Crippen LogP contribution is 2.25. The van der Waals surface area contributed by atoms with Crippen LogP contribution in [0.2, 0.25) is 0 Å². The lowest BCUT2D eigenvalue weighted by Gasteiger charge is -2.09. The van der Waals surface area contributed by atoms with Crippen LogP contribution in [0.15, 0.2) is 24.3 Å². The number of unbranched alkanes of at least 4 members (excludes halogenated alkanes) is 1. The molecule has 6 heteroatoms. The highest BCUT2D eigenvalue weighted by atomic mass is 16.6. The van der Waals surface area contributed by atoms with Crippen LogP contribution in [0, 0.1) is 0 Å². The number of hydrogen-bond donors (Lipinski definition) is 0. The summed E-state index contributed by atoms with van der Waals surface area (Å²) in [6.45, 7) is 2.31. The van der Waals surface area contributed by atoms with Gasteiger partial charge in [-0.3, -0.25) is 0 Å². The second kappa shape index (κ2) is 6.98. The molecule has 0 fully saturated rings. The molecular formula is C16H19NO5. The molecule has 0 unspecified atom stereocenters. The Morgan fingerprint density at radius 1 is 1.18 bits per heavy atom. The van der Waals surface area contributed by atoms with E-state index in [0.29, 0.717) is 17.9 Å². The number of carbonyl (C=O) groups excluding carboxylic acids is 2. The molecule has 0 spiro atoms. The lowest BCUT2D eigenvalue weighted by atomic mass is 10.2. The number of hydrogen-bond acceptors (Lipinski definition) is 5. The van der Waals surface area contributed by atoms with Crippen LogP contribution in [0.5, 0.6) is 5.75 Å². The monoisotopic (exact) mass is 305 g/mol. The van der Waals surface area contributed by atoms with Gasteiger partial charge in [-0.15, -0.1) is 0 Å². The van der Waals surface area contributed by atoms with Gasteiger partial charge in [0.15, 0.2) is 0 Å². The summed E-state index contributed by atoms with van der Waals surface area (Å²) in [5.41, 5.74) is 0.675. The summed E-state index contributed by atoms with van der Waals surface area (Å²) < 4.78 is 16.4. The van der Waals surface area contributed by atoms with E-state index in [-0.39, 0.29) is 5.69 Å². The molecule has 0 aliphatic rings. The van der Waals surface area contributed by atoms with Crippen LogP contribution in [0.3, 0.4) is 0 Å². The number of nitrogens with zero attached hydrogens (tertiary/aromatic N) is 1. The van der Waals surface area contributed by atoms with Gasteiger partial charge in [0.25, 0.3) is 0 Å². The van der Waals surface area contributed by atoms with Gasteiger partial charge in [0, 0.05) is 11.5 Å². The van der Waals surface area contributed by atoms with Crippen LogP contribution in [0.25, 0.3) is 10.9 Å². The third-order valence-electron chi connectivity index (χ3n) is 3.31. The highest BCUT2D eigenvalue weighted by molar-refractivity contribution is 6.01. The van der Waals surface area contributed by atoms with E-state index < -0.39 is 12.1 Å². The predicted molar refractivity (Wildman–Crippen MR) is 81.5 cm³/mol. The summed E-state index contributed by atoms with van der Waals surface area (Å²) in [7, 11) is 2.81. The first-order valence-electron chi connectivity index (χ1n) is 7.07. The minimum absolute atomic E-state index is 0.132. The van der Waals surface area contributed by atoms with Gasteiger partial charge in [0.2, 0.25) is 0 Å². The molecule has 1 heterocycles. The van der Waals surface area contributed by atoms with E-state index in [4.69, 9.17) is 14.2 Å². The molecule has 0 N–H and O–H groups in total. The van der Waals surface area contributed by atoms with Crippen molar-refractivity contribution >= 4 is 23.0 Å². The average Bonchev–Trinajstić information content (AvgIpc) is 2.92. The molecule has 22 heavy (non-hydrogen) atoms. The van der Waals surface area contributed by atoms with Crippen LogP contribution >= 0.6 is 0 Å². The molecule has 0 radical (unpaired) electrons. The Kier molecular flexibility index (Phi) is 5.04. The fourth-order valence-corrected chi connectivity index (χ4v) is 2.13. The van der Waals surface area contributed by atoms with Gasteiger partial charge in [-0.2, -0.15) is 0 Å². The molecule has 0 saturated carbocycles. The largest absolute Gasteiger partial charge is 0.497 e. The zero-order valence-electron chi connectivity index (χ0n) is 12.9. The van der Waals surface area contributed by atoms with Gasteiger partial charge < -0.3 is 14.2 Å². The fraction of sp³-hybridized carbons (Fsp3) is 0.375. The number of fused-ring (bicyclic) bond motifs is 1. The molecule has 0 amide bonds. The smallest absolute Gasteiger partial charge is 0.419 e. The van der Waals surface area contributed by atoms with Crippen molar-refractivity contribution in [2.24, 2.45) is 0 Å². The lowest BCUT2D eigenvalue weighted by Crippen LogP contribution is -2.20. The van der Waals surface area contributed by atoms with Crippen molar-refractivity contribution in [2.45, 2.75) is 19.8 Å². The molecular weight excluding hydrogens is 286 g/mol. The van der Waals surface area contributed by atoms with E-state index in [0.717, 1.165) is 18.2 Å². The Morgan fingerprint density at radius 3 is 2.59 bits per heavy atom. The van der Waals surface area contributed by atoms with E-state index in [1.54, 1.807) is 24.3 Å². The number of aromatic nitrogens is 1. The van der Waals surface area contributed by atoms with Gasteiger partial charge in [-0.05, 0) is 24.6 Å². The molecule has 1 aromatic carbocycles. The highest BCUT2D eigenvalue weighted by Gasteiger charge is 2.22. The third-order valence-corrected chi connectivity index (χ3v) is 3.31. The predicted octanol–water partition coefficient (Wildman–Crippen LogP) is 3.22. The van der Waals surface area contributed by atoms with Gasteiger partial charge in [-0.25, -0.2) is 14.2 Å². The minimum atomic E-state index is -0.600. The molecule has 0 aliphatic heterocycles. The summed E-state index contributed by atoms with van der Waals surface area (Å²) in [6, 6.07) is 6.82. The van der Waals surface area contributed by atoms with E-state index in [9.17, 15) is 9.59 Å². The first-order chi connectivity index (χ1) is 10.6. The van der Waals surface area contributed by atoms with Crippen molar-refractivity contribution in [1.29, 1.82) is 0 Å². The Balaban J connectivity index is 2.50. The fourth-order valence-electron chi connectivity index (χ4n) is 2.13.